The highest BCUT2D eigenvalue weighted by Gasteiger charge is 2.18. The fourth-order valence-electron chi connectivity index (χ4n) is 1.69. The number of amides is 1. The predicted octanol–water partition coefficient (Wildman–Crippen LogP) is 1.40. The number of nitrogens with zero attached hydrogens (tertiary/aromatic N) is 2. The first-order valence-electron chi connectivity index (χ1n) is 5.54. The van der Waals surface area contributed by atoms with Crippen LogP contribution in [0.3, 0.4) is 0 Å². The number of phenolic OH excluding ortho intramolecular Hbond substituents is 1. The predicted molar refractivity (Wildman–Crippen MR) is 66.1 cm³/mol. The summed E-state index contributed by atoms with van der Waals surface area (Å²) in [4.78, 5) is 11.2. The van der Waals surface area contributed by atoms with Gasteiger partial charge in [-0.3, -0.25) is 4.79 Å². The third-order valence-corrected chi connectivity index (χ3v) is 2.72. The summed E-state index contributed by atoms with van der Waals surface area (Å²) >= 11 is 0. The lowest BCUT2D eigenvalue weighted by Gasteiger charge is -2.09. The largest absolute Gasteiger partial charge is 0.507 e. The highest BCUT2D eigenvalue weighted by molar-refractivity contribution is 5.97. The van der Waals surface area contributed by atoms with Gasteiger partial charge in [-0.2, -0.15) is 15.4 Å². The lowest BCUT2D eigenvalue weighted by molar-refractivity contribution is 0.0996. The van der Waals surface area contributed by atoms with Crippen molar-refractivity contribution in [2.45, 2.75) is 19.8 Å². The number of benzene rings is 1. The topological polar surface area (TPSA) is 105 Å². The van der Waals surface area contributed by atoms with Crippen LogP contribution in [0.25, 0.3) is 11.3 Å². The summed E-state index contributed by atoms with van der Waals surface area (Å²) in [6, 6.07) is 5.18. The van der Waals surface area contributed by atoms with E-state index < -0.39 is 5.91 Å². The van der Waals surface area contributed by atoms with Crippen LogP contribution in [0.5, 0.6) is 5.75 Å². The molecule has 0 aliphatic heterocycles. The van der Waals surface area contributed by atoms with Crippen LogP contribution in [0, 0.1) is 0 Å². The van der Waals surface area contributed by atoms with E-state index in [0.717, 1.165) is 5.56 Å². The summed E-state index contributed by atoms with van der Waals surface area (Å²) in [6.45, 7) is 4.07. The molecule has 0 fully saturated rings. The lowest BCUT2D eigenvalue weighted by atomic mass is 9.98. The molecule has 0 unspecified atom stereocenters. The number of H-pyrrole nitrogens is 1. The summed E-state index contributed by atoms with van der Waals surface area (Å²) < 4.78 is 0. The Morgan fingerprint density at radius 3 is 2.72 bits per heavy atom. The molecule has 0 spiro atoms. The molecule has 1 heterocycles. The Morgan fingerprint density at radius 2 is 2.11 bits per heavy atom. The monoisotopic (exact) mass is 246 g/mol. The molecule has 6 heteroatoms. The van der Waals surface area contributed by atoms with Crippen LogP contribution in [0.15, 0.2) is 18.2 Å². The van der Waals surface area contributed by atoms with E-state index >= 15 is 0 Å². The first kappa shape index (κ1) is 12.1. The molecular weight excluding hydrogens is 232 g/mol. The van der Waals surface area contributed by atoms with Crippen molar-refractivity contribution < 1.29 is 9.90 Å². The van der Waals surface area contributed by atoms with Crippen LogP contribution in [0.2, 0.25) is 0 Å². The van der Waals surface area contributed by atoms with E-state index in [4.69, 9.17) is 5.73 Å². The fraction of sp³-hybridized carbons (Fsp3) is 0.250. The van der Waals surface area contributed by atoms with Crippen LogP contribution >= 0.6 is 0 Å². The molecule has 4 N–H and O–H groups in total. The molecule has 1 aromatic carbocycles. The summed E-state index contributed by atoms with van der Waals surface area (Å²) in [5.41, 5.74) is 6.96. The molecule has 0 saturated carbocycles. The van der Waals surface area contributed by atoms with Gasteiger partial charge in [0.05, 0.1) is 0 Å². The average molecular weight is 246 g/mol. The zero-order valence-corrected chi connectivity index (χ0v) is 10.1. The van der Waals surface area contributed by atoms with Gasteiger partial charge in [0.2, 0.25) is 0 Å². The van der Waals surface area contributed by atoms with Crippen molar-refractivity contribution >= 4 is 5.91 Å². The first-order chi connectivity index (χ1) is 8.50. The van der Waals surface area contributed by atoms with Crippen LogP contribution in [0.4, 0.5) is 0 Å². The van der Waals surface area contributed by atoms with E-state index in [9.17, 15) is 9.90 Å². The molecule has 1 aromatic heterocycles. The van der Waals surface area contributed by atoms with Crippen molar-refractivity contribution in [3.05, 3.63) is 29.5 Å². The van der Waals surface area contributed by atoms with Gasteiger partial charge < -0.3 is 10.8 Å². The van der Waals surface area contributed by atoms with E-state index in [1.165, 1.54) is 0 Å². The average Bonchev–Trinajstić information content (AvgIpc) is 2.78. The molecule has 2 rings (SSSR count). The van der Waals surface area contributed by atoms with Gasteiger partial charge in [-0.25, -0.2) is 0 Å². The molecule has 1 amide bonds. The minimum Gasteiger partial charge on any atom is -0.507 e. The second-order valence-corrected chi connectivity index (χ2v) is 4.32. The highest BCUT2D eigenvalue weighted by atomic mass is 16.3. The smallest absolute Gasteiger partial charge is 0.271 e. The molecule has 0 aliphatic rings. The maximum atomic E-state index is 11.2. The number of hydrogen-bond acceptors (Lipinski definition) is 4. The van der Waals surface area contributed by atoms with Gasteiger partial charge in [-0.1, -0.05) is 19.9 Å². The maximum absolute atomic E-state index is 11.2. The molecule has 0 aliphatic carbocycles. The van der Waals surface area contributed by atoms with Gasteiger partial charge in [-0.15, -0.1) is 0 Å². The number of aromatic amines is 1. The SMILES string of the molecule is CC(C)c1ccc(O)c(-c2n[nH]nc2C(N)=O)c1. The van der Waals surface area contributed by atoms with Gasteiger partial charge in [-0.05, 0) is 23.6 Å². The van der Waals surface area contributed by atoms with E-state index in [0.29, 0.717) is 11.5 Å². The number of hydrogen-bond donors (Lipinski definition) is 3. The van der Waals surface area contributed by atoms with Crippen LogP contribution in [-0.4, -0.2) is 26.4 Å². The molecular formula is C12H14N4O2. The number of carbonyl (C=O) groups excluding carboxylic acids is 1. The van der Waals surface area contributed by atoms with E-state index in [-0.39, 0.29) is 17.1 Å². The first-order valence-corrected chi connectivity index (χ1v) is 5.54. The third kappa shape index (κ3) is 2.04. The Morgan fingerprint density at radius 1 is 1.39 bits per heavy atom. The second kappa shape index (κ2) is 4.48. The number of phenols is 1. The van der Waals surface area contributed by atoms with Gasteiger partial charge in [0.15, 0.2) is 5.69 Å². The Labute approximate surface area is 104 Å². The summed E-state index contributed by atoms with van der Waals surface area (Å²) in [6.07, 6.45) is 0. The van der Waals surface area contributed by atoms with Crippen molar-refractivity contribution in [1.29, 1.82) is 0 Å². The van der Waals surface area contributed by atoms with Gasteiger partial charge in [0, 0.05) is 5.56 Å². The van der Waals surface area contributed by atoms with Crippen LogP contribution in [0.1, 0.15) is 35.8 Å². The van der Waals surface area contributed by atoms with Crippen molar-refractivity contribution in [3.8, 4) is 17.0 Å². The molecule has 0 radical (unpaired) electrons. The highest BCUT2D eigenvalue weighted by Crippen LogP contribution is 2.32. The number of primary amides is 1. The van der Waals surface area contributed by atoms with Crippen molar-refractivity contribution in [2.75, 3.05) is 0 Å². The summed E-state index contributed by atoms with van der Waals surface area (Å²) in [5, 5.41) is 19.8. The summed E-state index contributed by atoms with van der Waals surface area (Å²) in [7, 11) is 0. The van der Waals surface area contributed by atoms with E-state index in [1.807, 2.05) is 19.9 Å². The minimum atomic E-state index is -0.687. The fourth-order valence-corrected chi connectivity index (χ4v) is 1.69. The molecule has 0 bridgehead atoms. The Kier molecular flexibility index (Phi) is 3.01. The Balaban J connectivity index is 2.59. The molecule has 6 nitrogen and oxygen atoms in total. The summed E-state index contributed by atoms with van der Waals surface area (Å²) in [5.74, 6) is -0.350. The van der Waals surface area contributed by atoms with Crippen molar-refractivity contribution in [1.82, 2.24) is 15.4 Å². The van der Waals surface area contributed by atoms with Crippen LogP contribution in [-0.2, 0) is 0 Å². The number of aromatic hydroxyl groups is 1. The third-order valence-electron chi connectivity index (χ3n) is 2.72. The van der Waals surface area contributed by atoms with Crippen molar-refractivity contribution in [2.24, 2.45) is 5.73 Å². The van der Waals surface area contributed by atoms with Crippen molar-refractivity contribution in [3.63, 3.8) is 0 Å². The number of carbonyl (C=O) groups is 1. The minimum absolute atomic E-state index is 0.0196. The number of rotatable bonds is 3. The normalized spacial score (nSPS) is 10.8. The zero-order valence-electron chi connectivity index (χ0n) is 10.1. The number of nitrogens with one attached hydrogen (secondary N) is 1. The quantitative estimate of drug-likeness (QED) is 0.761. The van der Waals surface area contributed by atoms with E-state index in [2.05, 4.69) is 15.4 Å². The standard InChI is InChI=1S/C12H14N4O2/c1-6(2)7-3-4-9(17)8(5-7)10-11(12(13)18)15-16-14-10/h3-6,17H,1-2H3,(H2,13,18)(H,14,15,16). The van der Waals surface area contributed by atoms with Crippen LogP contribution < -0.4 is 5.73 Å². The molecule has 18 heavy (non-hydrogen) atoms. The number of aromatic nitrogens is 3. The Hall–Kier alpha value is -2.37. The molecule has 94 valence electrons. The molecule has 0 saturated heterocycles. The molecule has 0 atom stereocenters. The molecule has 2 aromatic rings. The lowest BCUT2D eigenvalue weighted by Crippen LogP contribution is -2.12. The van der Waals surface area contributed by atoms with Gasteiger partial charge in [0.1, 0.15) is 11.4 Å². The number of nitrogens with two attached hydrogens (primary N) is 1. The van der Waals surface area contributed by atoms with Gasteiger partial charge in [0.25, 0.3) is 5.91 Å². The van der Waals surface area contributed by atoms with E-state index in [1.54, 1.807) is 12.1 Å². The zero-order chi connectivity index (χ0) is 13.3. The Bertz CT molecular complexity index is 590. The maximum Gasteiger partial charge on any atom is 0.271 e. The van der Waals surface area contributed by atoms with Gasteiger partial charge >= 0.3 is 0 Å². The second-order valence-electron chi connectivity index (χ2n) is 4.32.